The monoisotopic (exact) mass is 254 g/mol. The first-order chi connectivity index (χ1) is 8.36. The number of nitrogens with zero attached hydrogens (tertiary/aromatic N) is 4. The lowest BCUT2D eigenvalue weighted by Gasteiger charge is -2.42. The van der Waals surface area contributed by atoms with Gasteiger partial charge in [0.25, 0.3) is 0 Å². The zero-order valence-corrected chi connectivity index (χ0v) is 11.3. The van der Waals surface area contributed by atoms with Crippen LogP contribution in [-0.4, -0.2) is 34.2 Å². The molecule has 0 saturated heterocycles. The summed E-state index contributed by atoms with van der Waals surface area (Å²) in [7, 11) is 0. The highest BCUT2D eigenvalue weighted by Crippen LogP contribution is 2.31. The van der Waals surface area contributed by atoms with Crippen molar-refractivity contribution in [3.63, 3.8) is 0 Å². The first-order valence-electron chi connectivity index (χ1n) is 6.39. The van der Waals surface area contributed by atoms with Crippen molar-refractivity contribution in [3.8, 4) is 0 Å². The van der Waals surface area contributed by atoms with Gasteiger partial charge >= 0.3 is 6.09 Å². The standard InChI is InChI=1S/C12H22N4O2/c1-12(2,3)16(11(17)18)10-6-4-9(5-7-10)8-14-15-13/h9-10H,4-8H2,1-3H3,(H,17,18)/t9-,10-. The van der Waals surface area contributed by atoms with Gasteiger partial charge in [0.2, 0.25) is 0 Å². The van der Waals surface area contributed by atoms with Crippen LogP contribution in [0.15, 0.2) is 5.11 Å². The van der Waals surface area contributed by atoms with E-state index in [0.29, 0.717) is 12.5 Å². The topological polar surface area (TPSA) is 89.3 Å². The Hall–Kier alpha value is -1.42. The van der Waals surface area contributed by atoms with Gasteiger partial charge in [0, 0.05) is 23.0 Å². The summed E-state index contributed by atoms with van der Waals surface area (Å²) in [5.74, 6) is 0.410. The summed E-state index contributed by atoms with van der Waals surface area (Å²) >= 11 is 0. The highest BCUT2D eigenvalue weighted by atomic mass is 16.4. The van der Waals surface area contributed by atoms with Crippen LogP contribution in [0.5, 0.6) is 0 Å². The van der Waals surface area contributed by atoms with Crippen LogP contribution < -0.4 is 0 Å². The predicted molar refractivity (Wildman–Crippen MR) is 69.4 cm³/mol. The van der Waals surface area contributed by atoms with Crippen molar-refractivity contribution in [2.45, 2.75) is 58.0 Å². The van der Waals surface area contributed by atoms with Crippen LogP contribution in [0.3, 0.4) is 0 Å². The van der Waals surface area contributed by atoms with E-state index in [9.17, 15) is 9.90 Å². The van der Waals surface area contributed by atoms with Gasteiger partial charge in [0.05, 0.1) is 0 Å². The first kappa shape index (κ1) is 14.6. The van der Waals surface area contributed by atoms with Gasteiger partial charge in [-0.05, 0) is 57.9 Å². The molecule has 6 nitrogen and oxygen atoms in total. The van der Waals surface area contributed by atoms with Crippen molar-refractivity contribution < 1.29 is 9.90 Å². The van der Waals surface area contributed by atoms with Gasteiger partial charge in [-0.15, -0.1) is 0 Å². The van der Waals surface area contributed by atoms with Crippen LogP contribution >= 0.6 is 0 Å². The Bertz CT molecular complexity index is 336. The summed E-state index contributed by atoms with van der Waals surface area (Å²) in [5, 5.41) is 12.9. The molecule has 0 aromatic heterocycles. The molecule has 0 aliphatic heterocycles. The summed E-state index contributed by atoms with van der Waals surface area (Å²) in [4.78, 5) is 15.7. The molecule has 0 atom stereocenters. The molecule has 18 heavy (non-hydrogen) atoms. The molecule has 1 saturated carbocycles. The third-order valence-electron chi connectivity index (χ3n) is 3.51. The minimum Gasteiger partial charge on any atom is -0.465 e. The SMILES string of the molecule is CC(C)(C)N(C(=O)O)[C@H]1CC[C@H](CN=[N+]=[N-])CC1. The molecule has 0 aromatic carbocycles. The van der Waals surface area contributed by atoms with Crippen molar-refractivity contribution in [1.29, 1.82) is 0 Å². The largest absolute Gasteiger partial charge is 0.465 e. The number of azide groups is 1. The molecule has 0 heterocycles. The maximum absolute atomic E-state index is 11.4. The predicted octanol–water partition coefficient (Wildman–Crippen LogP) is 3.63. The summed E-state index contributed by atoms with van der Waals surface area (Å²) in [6.07, 6.45) is 2.73. The van der Waals surface area contributed by atoms with E-state index in [2.05, 4.69) is 10.0 Å². The van der Waals surface area contributed by atoms with Gasteiger partial charge in [-0.3, -0.25) is 0 Å². The third-order valence-corrected chi connectivity index (χ3v) is 3.51. The Morgan fingerprint density at radius 1 is 1.39 bits per heavy atom. The lowest BCUT2D eigenvalue weighted by molar-refractivity contribution is 0.0510. The average molecular weight is 254 g/mol. The van der Waals surface area contributed by atoms with E-state index in [0.717, 1.165) is 25.7 Å². The van der Waals surface area contributed by atoms with Crippen LogP contribution in [0.1, 0.15) is 46.5 Å². The lowest BCUT2D eigenvalue weighted by atomic mass is 9.84. The highest BCUT2D eigenvalue weighted by molar-refractivity contribution is 5.66. The molecule has 0 spiro atoms. The van der Waals surface area contributed by atoms with Crippen molar-refractivity contribution in [2.24, 2.45) is 11.0 Å². The van der Waals surface area contributed by atoms with Crippen LogP contribution in [0.2, 0.25) is 0 Å². The molecule has 0 radical (unpaired) electrons. The molecule has 1 rings (SSSR count). The van der Waals surface area contributed by atoms with E-state index in [1.165, 1.54) is 0 Å². The summed E-state index contributed by atoms with van der Waals surface area (Å²) in [5.41, 5.74) is 7.92. The Morgan fingerprint density at radius 2 is 1.94 bits per heavy atom. The van der Waals surface area contributed by atoms with Crippen LogP contribution in [0.25, 0.3) is 10.4 Å². The molecule has 102 valence electrons. The third kappa shape index (κ3) is 3.81. The number of carbonyl (C=O) groups is 1. The molecule has 1 fully saturated rings. The van der Waals surface area contributed by atoms with Gasteiger partial charge < -0.3 is 10.0 Å². The van der Waals surface area contributed by atoms with Gasteiger partial charge in [-0.25, -0.2) is 4.79 Å². The van der Waals surface area contributed by atoms with Gasteiger partial charge in [0.15, 0.2) is 0 Å². The highest BCUT2D eigenvalue weighted by Gasteiger charge is 2.35. The number of hydrogen-bond donors (Lipinski definition) is 1. The fourth-order valence-corrected chi connectivity index (χ4v) is 2.73. The molecular weight excluding hydrogens is 232 g/mol. The van der Waals surface area contributed by atoms with E-state index in [-0.39, 0.29) is 11.6 Å². The van der Waals surface area contributed by atoms with E-state index in [4.69, 9.17) is 5.53 Å². The Balaban J connectivity index is 2.60. The van der Waals surface area contributed by atoms with E-state index >= 15 is 0 Å². The minimum absolute atomic E-state index is 0.0878. The second-order valence-corrected chi connectivity index (χ2v) is 5.91. The molecule has 1 amide bonds. The smallest absolute Gasteiger partial charge is 0.407 e. The lowest BCUT2D eigenvalue weighted by Crippen LogP contribution is -2.52. The molecule has 1 N–H and O–H groups in total. The van der Waals surface area contributed by atoms with E-state index in [1.807, 2.05) is 20.8 Å². The Kier molecular flexibility index (Phi) is 4.84. The summed E-state index contributed by atoms with van der Waals surface area (Å²) < 4.78 is 0. The fourth-order valence-electron chi connectivity index (χ4n) is 2.73. The fraction of sp³-hybridized carbons (Fsp3) is 0.917. The van der Waals surface area contributed by atoms with E-state index in [1.54, 1.807) is 4.90 Å². The Labute approximate surface area is 108 Å². The second-order valence-electron chi connectivity index (χ2n) is 5.91. The van der Waals surface area contributed by atoms with E-state index < -0.39 is 6.09 Å². The first-order valence-corrected chi connectivity index (χ1v) is 6.39. The molecule has 0 aromatic rings. The van der Waals surface area contributed by atoms with Gasteiger partial charge in [0.1, 0.15) is 0 Å². The van der Waals surface area contributed by atoms with Crippen LogP contribution in [0.4, 0.5) is 4.79 Å². The van der Waals surface area contributed by atoms with Crippen molar-refractivity contribution in [1.82, 2.24) is 4.90 Å². The number of rotatable bonds is 3. The second kappa shape index (κ2) is 5.96. The van der Waals surface area contributed by atoms with Crippen molar-refractivity contribution >= 4 is 6.09 Å². The Morgan fingerprint density at radius 3 is 2.33 bits per heavy atom. The molecular formula is C12H22N4O2. The molecule has 0 bridgehead atoms. The van der Waals surface area contributed by atoms with Gasteiger partial charge in [-0.1, -0.05) is 5.11 Å². The zero-order valence-electron chi connectivity index (χ0n) is 11.3. The number of carboxylic acid groups (broad SMARTS) is 1. The maximum Gasteiger partial charge on any atom is 0.407 e. The average Bonchev–Trinajstić information content (AvgIpc) is 2.25. The molecule has 1 aliphatic carbocycles. The molecule has 0 unspecified atom stereocenters. The summed E-state index contributed by atoms with van der Waals surface area (Å²) in [6.45, 7) is 6.30. The van der Waals surface area contributed by atoms with Crippen LogP contribution in [-0.2, 0) is 0 Å². The molecule has 1 aliphatic rings. The zero-order chi connectivity index (χ0) is 13.8. The summed E-state index contributed by atoms with van der Waals surface area (Å²) in [6, 6.07) is 0.0878. The minimum atomic E-state index is -0.846. The normalized spacial score (nSPS) is 24.2. The number of amides is 1. The quantitative estimate of drug-likeness (QED) is 0.473. The van der Waals surface area contributed by atoms with Crippen molar-refractivity contribution in [3.05, 3.63) is 10.4 Å². The number of hydrogen-bond acceptors (Lipinski definition) is 2. The van der Waals surface area contributed by atoms with Gasteiger partial charge in [-0.2, -0.15) is 0 Å². The van der Waals surface area contributed by atoms with Crippen molar-refractivity contribution in [2.75, 3.05) is 6.54 Å². The maximum atomic E-state index is 11.4. The molecule has 6 heteroatoms. The van der Waals surface area contributed by atoms with Crippen LogP contribution in [0, 0.1) is 5.92 Å².